The van der Waals surface area contributed by atoms with Crippen LogP contribution < -0.4 is 16.8 Å². The lowest BCUT2D eigenvalue weighted by Gasteiger charge is -2.22. The van der Waals surface area contributed by atoms with Gasteiger partial charge >= 0.3 is 0 Å². The van der Waals surface area contributed by atoms with E-state index in [1.54, 1.807) is 0 Å². The van der Waals surface area contributed by atoms with E-state index in [1.807, 2.05) is 30.3 Å². The molecule has 0 aromatic heterocycles. The lowest BCUT2D eigenvalue weighted by Crippen LogP contribution is -2.54. The topological polar surface area (TPSA) is 128 Å². The second-order valence-electron chi connectivity index (χ2n) is 6.30. The highest BCUT2D eigenvalue weighted by Gasteiger charge is 2.28. The summed E-state index contributed by atoms with van der Waals surface area (Å²) in [6.07, 6.45) is 1.74. The number of benzene rings is 1. The van der Waals surface area contributed by atoms with Gasteiger partial charge in [0, 0.05) is 0 Å². The standard InChI is InChI=1S/C18H26N4O3/c1-18(2,17(20)25)22-16(24)14(10-6-7-11-19)21-15(23)12-13-8-4-3-5-9-13/h3-5,8-9H,6-7,10-12,19H2,1-2H3,(H2,20,25)(H,22,24)/b21-14+. The van der Waals surface area contributed by atoms with Gasteiger partial charge in [-0.1, -0.05) is 30.3 Å². The first kappa shape index (κ1) is 20.5. The number of rotatable bonds is 9. The van der Waals surface area contributed by atoms with Crippen molar-refractivity contribution >= 4 is 23.4 Å². The average molecular weight is 346 g/mol. The minimum Gasteiger partial charge on any atom is -0.368 e. The molecule has 0 bridgehead atoms. The Kier molecular flexibility index (Phi) is 7.94. The molecule has 5 N–H and O–H groups in total. The molecule has 0 aliphatic carbocycles. The van der Waals surface area contributed by atoms with E-state index >= 15 is 0 Å². The van der Waals surface area contributed by atoms with Gasteiger partial charge in [-0.05, 0) is 45.2 Å². The second kappa shape index (κ2) is 9.68. The van der Waals surface area contributed by atoms with Crippen molar-refractivity contribution in [2.24, 2.45) is 16.5 Å². The molecule has 0 atom stereocenters. The molecule has 1 aromatic rings. The summed E-state index contributed by atoms with van der Waals surface area (Å²) >= 11 is 0. The average Bonchev–Trinajstić information content (AvgIpc) is 2.54. The summed E-state index contributed by atoms with van der Waals surface area (Å²) in [6, 6.07) is 9.15. The Hall–Kier alpha value is -2.54. The highest BCUT2D eigenvalue weighted by Crippen LogP contribution is 2.06. The second-order valence-corrected chi connectivity index (χ2v) is 6.30. The van der Waals surface area contributed by atoms with E-state index in [-0.39, 0.29) is 12.1 Å². The zero-order chi connectivity index (χ0) is 18.9. The number of amides is 3. The van der Waals surface area contributed by atoms with Gasteiger partial charge in [0.2, 0.25) is 5.91 Å². The van der Waals surface area contributed by atoms with E-state index in [2.05, 4.69) is 10.3 Å². The molecule has 7 nitrogen and oxygen atoms in total. The van der Waals surface area contributed by atoms with Crippen molar-refractivity contribution in [2.45, 2.75) is 45.1 Å². The van der Waals surface area contributed by atoms with Crippen molar-refractivity contribution in [3.63, 3.8) is 0 Å². The molecule has 0 radical (unpaired) electrons. The highest BCUT2D eigenvalue weighted by molar-refractivity contribution is 6.40. The predicted molar refractivity (Wildman–Crippen MR) is 96.9 cm³/mol. The van der Waals surface area contributed by atoms with Gasteiger partial charge in [0.25, 0.3) is 11.8 Å². The molecule has 0 heterocycles. The van der Waals surface area contributed by atoms with Crippen LogP contribution in [0.4, 0.5) is 0 Å². The van der Waals surface area contributed by atoms with E-state index in [0.29, 0.717) is 25.8 Å². The van der Waals surface area contributed by atoms with E-state index in [9.17, 15) is 14.4 Å². The van der Waals surface area contributed by atoms with E-state index in [4.69, 9.17) is 11.5 Å². The fourth-order valence-electron chi connectivity index (χ4n) is 2.04. The third kappa shape index (κ3) is 7.26. The Labute approximate surface area is 147 Å². The minimum atomic E-state index is -1.23. The number of carbonyl (C=O) groups is 3. The number of carbonyl (C=O) groups excluding carboxylic acids is 3. The molecule has 0 fully saturated rings. The molecule has 25 heavy (non-hydrogen) atoms. The van der Waals surface area contributed by atoms with Gasteiger partial charge in [0.05, 0.1) is 6.42 Å². The molecular weight excluding hydrogens is 320 g/mol. The lowest BCUT2D eigenvalue weighted by atomic mass is 10.0. The van der Waals surface area contributed by atoms with Crippen LogP contribution in [0.2, 0.25) is 0 Å². The van der Waals surface area contributed by atoms with Gasteiger partial charge in [0.15, 0.2) is 0 Å². The zero-order valence-electron chi connectivity index (χ0n) is 14.7. The van der Waals surface area contributed by atoms with Crippen LogP contribution in [0.5, 0.6) is 0 Å². The summed E-state index contributed by atoms with van der Waals surface area (Å²) in [6.45, 7) is 3.48. The maximum absolute atomic E-state index is 12.4. The van der Waals surface area contributed by atoms with E-state index in [1.165, 1.54) is 13.8 Å². The van der Waals surface area contributed by atoms with Gasteiger partial charge in [-0.3, -0.25) is 14.4 Å². The lowest BCUT2D eigenvalue weighted by molar-refractivity contribution is -0.127. The molecule has 0 saturated heterocycles. The third-order valence-corrected chi connectivity index (χ3v) is 3.63. The first-order valence-electron chi connectivity index (χ1n) is 8.23. The van der Waals surface area contributed by atoms with Gasteiger partial charge in [0.1, 0.15) is 11.3 Å². The highest BCUT2D eigenvalue weighted by atomic mass is 16.2. The zero-order valence-corrected chi connectivity index (χ0v) is 14.7. The van der Waals surface area contributed by atoms with Crippen LogP contribution in [0.3, 0.4) is 0 Å². The summed E-state index contributed by atoms with van der Waals surface area (Å²) in [5, 5.41) is 2.52. The van der Waals surface area contributed by atoms with Gasteiger partial charge in [-0.15, -0.1) is 0 Å². The summed E-state index contributed by atoms with van der Waals surface area (Å²) in [7, 11) is 0. The molecule has 0 spiro atoms. The molecule has 3 amide bonds. The summed E-state index contributed by atoms with van der Waals surface area (Å²) in [5.74, 6) is -1.65. The quantitative estimate of drug-likeness (QED) is 0.449. The Morgan fingerprint density at radius 1 is 1.12 bits per heavy atom. The minimum absolute atomic E-state index is 0.0868. The summed E-state index contributed by atoms with van der Waals surface area (Å²) in [5.41, 5.74) is 10.4. The Morgan fingerprint density at radius 3 is 2.32 bits per heavy atom. The van der Waals surface area contributed by atoms with Crippen molar-refractivity contribution in [1.82, 2.24) is 5.32 Å². The fourth-order valence-corrected chi connectivity index (χ4v) is 2.04. The molecule has 1 rings (SSSR count). The van der Waals surface area contributed by atoms with Crippen molar-refractivity contribution in [3.05, 3.63) is 35.9 Å². The van der Waals surface area contributed by atoms with Crippen molar-refractivity contribution in [3.8, 4) is 0 Å². The monoisotopic (exact) mass is 346 g/mol. The van der Waals surface area contributed by atoms with Gasteiger partial charge in [-0.2, -0.15) is 0 Å². The normalized spacial score (nSPS) is 11.9. The SMILES string of the molecule is CC(C)(NC(=O)/C(CCCCN)=N/C(=O)Cc1ccccc1)C(N)=O. The number of unbranched alkanes of at least 4 members (excludes halogenated alkanes) is 1. The number of nitrogens with two attached hydrogens (primary N) is 2. The summed E-state index contributed by atoms with van der Waals surface area (Å²) < 4.78 is 0. The van der Waals surface area contributed by atoms with Crippen molar-refractivity contribution in [2.75, 3.05) is 6.54 Å². The molecule has 7 heteroatoms. The number of hydrogen-bond acceptors (Lipinski definition) is 4. The van der Waals surface area contributed by atoms with Crippen LogP contribution in [0.1, 0.15) is 38.7 Å². The van der Waals surface area contributed by atoms with Crippen LogP contribution in [-0.2, 0) is 20.8 Å². The molecule has 0 aliphatic heterocycles. The van der Waals surface area contributed by atoms with Crippen LogP contribution in [0.15, 0.2) is 35.3 Å². The number of nitrogens with zero attached hydrogens (tertiary/aromatic N) is 1. The third-order valence-electron chi connectivity index (χ3n) is 3.63. The molecule has 136 valence electrons. The number of aliphatic imine (C=N–C) groups is 1. The predicted octanol–water partition coefficient (Wildman–Crippen LogP) is 0.706. The van der Waals surface area contributed by atoms with Crippen LogP contribution in [0, 0.1) is 0 Å². The first-order valence-corrected chi connectivity index (χ1v) is 8.23. The van der Waals surface area contributed by atoms with E-state index < -0.39 is 23.3 Å². The molecular formula is C18H26N4O3. The number of primary amides is 1. The first-order chi connectivity index (χ1) is 11.8. The Bertz CT molecular complexity index is 639. The number of hydrogen-bond donors (Lipinski definition) is 3. The fraction of sp³-hybridized carbons (Fsp3) is 0.444. The number of nitrogens with one attached hydrogen (secondary N) is 1. The van der Waals surface area contributed by atoms with Gasteiger partial charge in [-0.25, -0.2) is 4.99 Å². The van der Waals surface area contributed by atoms with Crippen LogP contribution >= 0.6 is 0 Å². The molecule has 0 unspecified atom stereocenters. The van der Waals surface area contributed by atoms with Crippen LogP contribution in [0.25, 0.3) is 0 Å². The maximum atomic E-state index is 12.4. The van der Waals surface area contributed by atoms with E-state index in [0.717, 1.165) is 5.56 Å². The largest absolute Gasteiger partial charge is 0.368 e. The molecule has 0 aliphatic rings. The van der Waals surface area contributed by atoms with Gasteiger partial charge < -0.3 is 16.8 Å². The maximum Gasteiger partial charge on any atom is 0.266 e. The smallest absolute Gasteiger partial charge is 0.266 e. The Balaban J connectivity index is 2.88. The molecule has 0 saturated carbocycles. The molecule has 1 aromatic carbocycles. The Morgan fingerprint density at radius 2 is 1.76 bits per heavy atom. The van der Waals surface area contributed by atoms with Crippen molar-refractivity contribution in [1.29, 1.82) is 0 Å². The van der Waals surface area contributed by atoms with Crippen LogP contribution in [-0.4, -0.2) is 35.5 Å². The summed E-state index contributed by atoms with van der Waals surface area (Å²) in [4.78, 5) is 39.9. The van der Waals surface area contributed by atoms with Crippen molar-refractivity contribution < 1.29 is 14.4 Å².